The van der Waals surface area contributed by atoms with Gasteiger partial charge in [0.05, 0.1) is 16.8 Å². The first kappa shape index (κ1) is 20.4. The molecule has 7 nitrogen and oxygen atoms in total. The first-order valence-electron chi connectivity index (χ1n) is 8.85. The van der Waals surface area contributed by atoms with Crippen molar-refractivity contribution in [2.45, 2.75) is 18.9 Å². The summed E-state index contributed by atoms with van der Waals surface area (Å²) in [6.07, 6.45) is 2.21. The van der Waals surface area contributed by atoms with Gasteiger partial charge >= 0.3 is 0 Å². The van der Waals surface area contributed by atoms with Crippen LogP contribution in [0.1, 0.15) is 33.6 Å². The van der Waals surface area contributed by atoms with Crippen molar-refractivity contribution in [2.75, 3.05) is 20.3 Å². The van der Waals surface area contributed by atoms with Gasteiger partial charge in [0.1, 0.15) is 18.1 Å². The number of carbonyl (C=O) groups excluding carboxylic acids is 2. The molecule has 1 heterocycles. The third-order valence-corrected chi connectivity index (χ3v) is 5.12. The van der Waals surface area contributed by atoms with Gasteiger partial charge in [-0.1, -0.05) is 0 Å². The number of rotatable bonds is 6. The van der Waals surface area contributed by atoms with Crippen LogP contribution in [-0.2, 0) is 4.74 Å². The molecule has 3 rings (SSSR count). The quantitative estimate of drug-likeness (QED) is 0.475. The lowest BCUT2D eigenvalue weighted by molar-refractivity contribution is 0.0679. The SMILES string of the molecule is COc1ccc(C(=O)NNC(=O)c2ccc(OCC3CCCO3)cc2)cc1I. The molecule has 148 valence electrons. The number of carbonyl (C=O) groups is 2. The summed E-state index contributed by atoms with van der Waals surface area (Å²) in [5.41, 5.74) is 5.65. The zero-order valence-corrected chi connectivity index (χ0v) is 17.5. The summed E-state index contributed by atoms with van der Waals surface area (Å²) in [6.45, 7) is 1.29. The molecule has 1 aliphatic rings. The van der Waals surface area contributed by atoms with Crippen LogP contribution in [0.3, 0.4) is 0 Å². The monoisotopic (exact) mass is 496 g/mol. The maximum Gasteiger partial charge on any atom is 0.269 e. The number of halogens is 1. The lowest BCUT2D eigenvalue weighted by atomic mass is 10.2. The van der Waals surface area contributed by atoms with E-state index in [9.17, 15) is 9.59 Å². The molecule has 0 radical (unpaired) electrons. The molecule has 1 aliphatic heterocycles. The van der Waals surface area contributed by atoms with Crippen LogP contribution in [-0.4, -0.2) is 38.2 Å². The Balaban J connectivity index is 1.50. The predicted molar refractivity (Wildman–Crippen MR) is 112 cm³/mol. The van der Waals surface area contributed by atoms with Crippen LogP contribution >= 0.6 is 22.6 Å². The van der Waals surface area contributed by atoms with Crippen LogP contribution in [0, 0.1) is 3.57 Å². The minimum atomic E-state index is -0.415. The summed E-state index contributed by atoms with van der Waals surface area (Å²) in [4.78, 5) is 24.4. The van der Waals surface area contributed by atoms with Gasteiger partial charge in [-0.05, 0) is 77.9 Å². The highest BCUT2D eigenvalue weighted by Crippen LogP contribution is 2.21. The zero-order valence-electron chi connectivity index (χ0n) is 15.4. The summed E-state index contributed by atoms with van der Waals surface area (Å²) < 4.78 is 17.2. The van der Waals surface area contributed by atoms with Gasteiger partial charge in [-0.2, -0.15) is 0 Å². The van der Waals surface area contributed by atoms with Gasteiger partial charge in [0.2, 0.25) is 0 Å². The smallest absolute Gasteiger partial charge is 0.269 e. The van der Waals surface area contributed by atoms with Crippen LogP contribution in [0.2, 0.25) is 0 Å². The number of ether oxygens (including phenoxy) is 3. The van der Waals surface area contributed by atoms with Gasteiger partial charge in [0, 0.05) is 17.7 Å². The van der Waals surface area contributed by atoms with E-state index in [1.165, 1.54) is 0 Å². The maximum atomic E-state index is 12.2. The van der Waals surface area contributed by atoms with Crippen molar-refractivity contribution in [3.63, 3.8) is 0 Å². The van der Waals surface area contributed by atoms with Crippen molar-refractivity contribution in [3.05, 3.63) is 57.2 Å². The molecule has 2 aromatic rings. The minimum Gasteiger partial charge on any atom is -0.496 e. The number of hydrazine groups is 1. The second kappa shape index (κ2) is 9.74. The van der Waals surface area contributed by atoms with Crippen molar-refractivity contribution in [1.29, 1.82) is 0 Å². The van der Waals surface area contributed by atoms with E-state index in [1.807, 2.05) is 0 Å². The number of nitrogens with one attached hydrogen (secondary N) is 2. The molecule has 0 saturated carbocycles. The lowest BCUT2D eigenvalue weighted by Gasteiger charge is -2.12. The molecule has 2 amide bonds. The van der Waals surface area contributed by atoms with Gasteiger partial charge in [-0.25, -0.2) is 0 Å². The molecule has 0 aliphatic carbocycles. The molecule has 8 heteroatoms. The second-order valence-electron chi connectivity index (χ2n) is 6.23. The summed E-state index contributed by atoms with van der Waals surface area (Å²) in [5.74, 6) is 0.527. The first-order chi connectivity index (χ1) is 13.6. The first-order valence-corrected chi connectivity index (χ1v) is 9.93. The number of hydrogen-bond donors (Lipinski definition) is 2. The van der Waals surface area contributed by atoms with Crippen molar-refractivity contribution >= 4 is 34.4 Å². The average molecular weight is 496 g/mol. The molecule has 0 aromatic heterocycles. The van der Waals surface area contributed by atoms with Crippen LogP contribution in [0.15, 0.2) is 42.5 Å². The van der Waals surface area contributed by atoms with E-state index in [0.29, 0.717) is 29.2 Å². The zero-order chi connectivity index (χ0) is 19.9. The van der Waals surface area contributed by atoms with Crippen LogP contribution < -0.4 is 20.3 Å². The van der Waals surface area contributed by atoms with Gasteiger partial charge < -0.3 is 14.2 Å². The number of hydrogen-bond acceptors (Lipinski definition) is 5. The number of amides is 2. The van der Waals surface area contributed by atoms with Crippen LogP contribution in [0.5, 0.6) is 11.5 Å². The van der Waals surface area contributed by atoms with Gasteiger partial charge in [-0.3, -0.25) is 20.4 Å². The summed E-state index contributed by atoms with van der Waals surface area (Å²) >= 11 is 2.08. The van der Waals surface area contributed by atoms with Crippen LogP contribution in [0.25, 0.3) is 0 Å². The van der Waals surface area contributed by atoms with E-state index >= 15 is 0 Å². The Hall–Kier alpha value is -2.33. The fourth-order valence-electron chi connectivity index (χ4n) is 2.73. The normalized spacial score (nSPS) is 15.7. The molecular weight excluding hydrogens is 475 g/mol. The molecule has 1 fully saturated rings. The molecule has 1 unspecified atom stereocenters. The molecule has 1 saturated heterocycles. The third kappa shape index (κ3) is 5.35. The minimum absolute atomic E-state index is 0.138. The van der Waals surface area contributed by atoms with Crippen molar-refractivity contribution < 1.29 is 23.8 Å². The Kier molecular flexibility index (Phi) is 7.10. The lowest BCUT2D eigenvalue weighted by Crippen LogP contribution is -2.41. The Morgan fingerprint density at radius 3 is 2.39 bits per heavy atom. The number of methoxy groups -OCH3 is 1. The summed E-state index contributed by atoms with van der Waals surface area (Å²) in [7, 11) is 1.57. The Morgan fingerprint density at radius 2 is 1.79 bits per heavy atom. The Labute approximate surface area is 176 Å². The largest absolute Gasteiger partial charge is 0.496 e. The van der Waals surface area contributed by atoms with Gasteiger partial charge in [-0.15, -0.1) is 0 Å². The molecule has 0 spiro atoms. The molecule has 2 aromatic carbocycles. The highest BCUT2D eigenvalue weighted by molar-refractivity contribution is 14.1. The van der Waals surface area contributed by atoms with Crippen molar-refractivity contribution in [1.82, 2.24) is 10.9 Å². The average Bonchev–Trinajstić information content (AvgIpc) is 3.24. The highest BCUT2D eigenvalue weighted by atomic mass is 127. The Bertz CT molecular complexity index is 835. The van der Waals surface area contributed by atoms with Gasteiger partial charge in [0.25, 0.3) is 11.8 Å². The molecule has 28 heavy (non-hydrogen) atoms. The predicted octanol–water partition coefficient (Wildman–Crippen LogP) is 2.93. The summed E-state index contributed by atoms with van der Waals surface area (Å²) in [6, 6.07) is 11.7. The van der Waals surface area contributed by atoms with Gasteiger partial charge in [0.15, 0.2) is 0 Å². The van der Waals surface area contributed by atoms with E-state index < -0.39 is 11.8 Å². The van der Waals surface area contributed by atoms with Crippen molar-refractivity contribution in [2.24, 2.45) is 0 Å². The molecule has 2 N–H and O–H groups in total. The van der Waals surface area contributed by atoms with E-state index in [1.54, 1.807) is 49.6 Å². The topological polar surface area (TPSA) is 85.9 Å². The second-order valence-corrected chi connectivity index (χ2v) is 7.39. The van der Waals surface area contributed by atoms with E-state index in [2.05, 4.69) is 33.4 Å². The third-order valence-electron chi connectivity index (χ3n) is 4.28. The number of benzene rings is 2. The fraction of sp³-hybridized carbons (Fsp3) is 0.300. The Morgan fingerprint density at radius 1 is 1.11 bits per heavy atom. The summed E-state index contributed by atoms with van der Waals surface area (Å²) in [5, 5.41) is 0. The van der Waals surface area contributed by atoms with E-state index in [-0.39, 0.29) is 6.10 Å². The fourth-order valence-corrected chi connectivity index (χ4v) is 3.47. The standard InChI is InChI=1S/C20H21IN2O5/c1-26-18-9-6-14(11-17(18)21)20(25)23-22-19(24)13-4-7-15(8-5-13)28-12-16-3-2-10-27-16/h4-9,11,16H,2-3,10,12H2,1H3,(H,22,24)(H,23,25). The highest BCUT2D eigenvalue weighted by Gasteiger charge is 2.16. The molecule has 0 bridgehead atoms. The van der Waals surface area contributed by atoms with E-state index in [4.69, 9.17) is 14.2 Å². The molecule has 1 atom stereocenters. The van der Waals surface area contributed by atoms with Crippen LogP contribution in [0.4, 0.5) is 0 Å². The molecular formula is C20H21IN2O5. The maximum absolute atomic E-state index is 12.2. The van der Waals surface area contributed by atoms with Crippen molar-refractivity contribution in [3.8, 4) is 11.5 Å². The van der Waals surface area contributed by atoms with E-state index in [0.717, 1.165) is 23.0 Å².